The number of rotatable bonds is 1. The van der Waals surface area contributed by atoms with E-state index < -0.39 is 0 Å². The highest BCUT2D eigenvalue weighted by molar-refractivity contribution is 5.54. The minimum Gasteiger partial charge on any atom is -0.197 e. The fourth-order valence-electron chi connectivity index (χ4n) is 3.24. The van der Waals surface area contributed by atoms with Crippen molar-refractivity contribution in [1.82, 2.24) is 0 Å². The Morgan fingerprint density at radius 1 is 1.47 bits per heavy atom. The van der Waals surface area contributed by atoms with Gasteiger partial charge in [-0.3, -0.25) is 0 Å². The van der Waals surface area contributed by atoms with Crippen LogP contribution in [0.15, 0.2) is 43.0 Å². The molecule has 0 amide bonds. The van der Waals surface area contributed by atoms with Crippen molar-refractivity contribution in [2.24, 2.45) is 5.41 Å². The van der Waals surface area contributed by atoms with E-state index in [2.05, 4.69) is 49.9 Å². The van der Waals surface area contributed by atoms with Crippen molar-refractivity contribution in [3.8, 4) is 6.07 Å². The zero-order valence-corrected chi connectivity index (χ0v) is 9.98. The summed E-state index contributed by atoms with van der Waals surface area (Å²) < 4.78 is 0. The molecule has 1 heteroatoms. The van der Waals surface area contributed by atoms with Gasteiger partial charge in [-0.05, 0) is 28.5 Å². The Bertz CT molecular complexity index is 561. The van der Waals surface area contributed by atoms with Crippen molar-refractivity contribution in [1.29, 1.82) is 5.26 Å². The highest BCUT2D eigenvalue weighted by Gasteiger charge is 2.42. The van der Waals surface area contributed by atoms with E-state index >= 15 is 0 Å². The van der Waals surface area contributed by atoms with Crippen LogP contribution in [0.25, 0.3) is 0 Å². The lowest BCUT2D eigenvalue weighted by Crippen LogP contribution is -2.20. The minimum atomic E-state index is -0.0756. The molecule has 0 N–H and O–H groups in total. The van der Waals surface area contributed by atoms with E-state index in [0.717, 1.165) is 6.42 Å². The van der Waals surface area contributed by atoms with Gasteiger partial charge in [-0.2, -0.15) is 5.26 Å². The van der Waals surface area contributed by atoms with Crippen LogP contribution in [0, 0.1) is 16.7 Å². The average molecular weight is 221 g/mol. The zero-order valence-electron chi connectivity index (χ0n) is 9.98. The maximum Gasteiger partial charge on any atom is 0.0896 e. The first kappa shape index (κ1) is 10.4. The first-order valence-corrected chi connectivity index (χ1v) is 6.03. The number of nitrogens with zero attached hydrogens (tertiary/aromatic N) is 1. The lowest BCUT2D eigenvalue weighted by Gasteiger charge is -2.29. The van der Waals surface area contributed by atoms with E-state index in [1.807, 2.05) is 6.08 Å². The SMILES string of the molecule is C=C[C@@]1(C)Cc2cccc3c2[C@H]1C=C[C@@H]3C#N. The second-order valence-electron chi connectivity index (χ2n) is 5.28. The van der Waals surface area contributed by atoms with Gasteiger partial charge in [0, 0.05) is 5.92 Å². The Hall–Kier alpha value is -1.81. The molecule has 3 atom stereocenters. The molecule has 2 aliphatic carbocycles. The van der Waals surface area contributed by atoms with E-state index in [-0.39, 0.29) is 11.3 Å². The van der Waals surface area contributed by atoms with Crippen molar-refractivity contribution < 1.29 is 0 Å². The van der Waals surface area contributed by atoms with Gasteiger partial charge in [-0.1, -0.05) is 43.4 Å². The Labute approximate surface area is 102 Å². The fourth-order valence-corrected chi connectivity index (χ4v) is 3.24. The van der Waals surface area contributed by atoms with E-state index in [9.17, 15) is 5.26 Å². The molecule has 1 aromatic rings. The molecule has 0 spiro atoms. The number of allylic oxidation sites excluding steroid dienone is 3. The maximum absolute atomic E-state index is 9.20. The highest BCUT2D eigenvalue weighted by atomic mass is 14.5. The van der Waals surface area contributed by atoms with E-state index in [1.54, 1.807) is 0 Å². The van der Waals surface area contributed by atoms with Gasteiger partial charge < -0.3 is 0 Å². The van der Waals surface area contributed by atoms with Gasteiger partial charge in [0.2, 0.25) is 0 Å². The number of benzene rings is 1. The summed E-state index contributed by atoms with van der Waals surface area (Å²) in [6, 6.07) is 8.73. The largest absolute Gasteiger partial charge is 0.197 e. The van der Waals surface area contributed by atoms with E-state index in [0.29, 0.717) is 5.92 Å². The smallest absolute Gasteiger partial charge is 0.0896 e. The number of hydrogen-bond acceptors (Lipinski definition) is 1. The molecule has 0 aliphatic heterocycles. The highest BCUT2D eigenvalue weighted by Crippen LogP contribution is 2.53. The molecule has 0 radical (unpaired) electrons. The molecule has 3 rings (SSSR count). The molecule has 1 nitrogen and oxygen atoms in total. The second-order valence-corrected chi connectivity index (χ2v) is 5.28. The molecule has 0 saturated carbocycles. The molecule has 84 valence electrons. The summed E-state index contributed by atoms with van der Waals surface area (Å²) in [7, 11) is 0. The zero-order chi connectivity index (χ0) is 12.0. The second kappa shape index (κ2) is 3.34. The standard InChI is InChI=1S/C16H15N/c1-3-16(2)9-11-5-4-6-13-12(10-17)7-8-14(16)15(11)13/h3-8,12,14H,1,9H2,2H3/t12-,14-,16+/m1/s1. The van der Waals surface area contributed by atoms with Crippen LogP contribution in [0.2, 0.25) is 0 Å². The van der Waals surface area contributed by atoms with Crippen LogP contribution in [0.3, 0.4) is 0 Å². The molecule has 0 heterocycles. The number of nitriles is 1. The van der Waals surface area contributed by atoms with Crippen LogP contribution in [-0.4, -0.2) is 0 Å². The van der Waals surface area contributed by atoms with Gasteiger partial charge in [0.05, 0.1) is 12.0 Å². The molecule has 1 aromatic carbocycles. The summed E-state index contributed by atoms with van der Waals surface area (Å²) in [5.41, 5.74) is 4.07. The first-order chi connectivity index (χ1) is 8.19. The molecule has 0 saturated heterocycles. The lowest BCUT2D eigenvalue weighted by atomic mass is 9.73. The summed E-state index contributed by atoms with van der Waals surface area (Å²) in [4.78, 5) is 0. The normalized spacial score (nSPS) is 32.9. The summed E-state index contributed by atoms with van der Waals surface area (Å²) in [5.74, 6) is 0.323. The molecule has 2 aliphatic rings. The van der Waals surface area contributed by atoms with Crippen LogP contribution >= 0.6 is 0 Å². The van der Waals surface area contributed by atoms with Crippen molar-refractivity contribution in [2.75, 3.05) is 0 Å². The summed E-state index contributed by atoms with van der Waals surface area (Å²) in [6.07, 6.45) is 7.35. The maximum atomic E-state index is 9.20. The third-order valence-electron chi connectivity index (χ3n) is 4.26. The monoisotopic (exact) mass is 221 g/mol. The Balaban J connectivity index is 2.25. The average Bonchev–Trinajstić information content (AvgIpc) is 2.66. The fraction of sp³-hybridized carbons (Fsp3) is 0.312. The minimum absolute atomic E-state index is 0.0756. The topological polar surface area (TPSA) is 23.8 Å². The van der Waals surface area contributed by atoms with Crippen LogP contribution in [-0.2, 0) is 6.42 Å². The van der Waals surface area contributed by atoms with Crippen molar-refractivity contribution >= 4 is 0 Å². The third kappa shape index (κ3) is 1.24. The van der Waals surface area contributed by atoms with Crippen LogP contribution < -0.4 is 0 Å². The first-order valence-electron chi connectivity index (χ1n) is 6.03. The van der Waals surface area contributed by atoms with Crippen molar-refractivity contribution in [3.63, 3.8) is 0 Å². The molecule has 0 fully saturated rings. The predicted octanol–water partition coefficient (Wildman–Crippen LogP) is 3.70. The molecule has 17 heavy (non-hydrogen) atoms. The number of hydrogen-bond donors (Lipinski definition) is 0. The van der Waals surface area contributed by atoms with Gasteiger partial charge in [-0.15, -0.1) is 6.58 Å². The lowest BCUT2D eigenvalue weighted by molar-refractivity contribution is 0.412. The van der Waals surface area contributed by atoms with Crippen LogP contribution in [0.1, 0.15) is 35.4 Å². The Morgan fingerprint density at radius 2 is 2.29 bits per heavy atom. The van der Waals surface area contributed by atoms with Gasteiger partial charge in [0.1, 0.15) is 0 Å². The van der Waals surface area contributed by atoms with Gasteiger partial charge >= 0.3 is 0 Å². The summed E-state index contributed by atoms with van der Waals surface area (Å²) >= 11 is 0. The molecule has 0 unspecified atom stereocenters. The summed E-state index contributed by atoms with van der Waals surface area (Å²) in [5, 5.41) is 9.20. The summed E-state index contributed by atoms with van der Waals surface area (Å²) in [6.45, 7) is 6.25. The third-order valence-corrected chi connectivity index (χ3v) is 4.26. The Morgan fingerprint density at radius 3 is 3.00 bits per heavy atom. The van der Waals surface area contributed by atoms with Crippen molar-refractivity contribution in [3.05, 3.63) is 59.7 Å². The Kier molecular flexibility index (Phi) is 2.03. The van der Waals surface area contributed by atoms with E-state index in [1.165, 1.54) is 16.7 Å². The molecule has 0 aromatic heterocycles. The quantitative estimate of drug-likeness (QED) is 0.663. The van der Waals surface area contributed by atoms with Crippen molar-refractivity contribution in [2.45, 2.75) is 25.2 Å². The van der Waals surface area contributed by atoms with Crippen LogP contribution in [0.5, 0.6) is 0 Å². The molecular weight excluding hydrogens is 206 g/mol. The van der Waals surface area contributed by atoms with E-state index in [4.69, 9.17) is 0 Å². The van der Waals surface area contributed by atoms with Gasteiger partial charge in [0.25, 0.3) is 0 Å². The van der Waals surface area contributed by atoms with Gasteiger partial charge in [0.15, 0.2) is 0 Å². The predicted molar refractivity (Wildman–Crippen MR) is 68.7 cm³/mol. The molecule has 0 bridgehead atoms. The van der Waals surface area contributed by atoms with Gasteiger partial charge in [-0.25, -0.2) is 0 Å². The molecular formula is C16H15N. The van der Waals surface area contributed by atoms with Crippen LogP contribution in [0.4, 0.5) is 0 Å².